The maximum Gasteiger partial charge on any atom is 0.261 e. The minimum atomic E-state index is -0.319. The summed E-state index contributed by atoms with van der Waals surface area (Å²) in [5, 5.41) is 3.08. The van der Waals surface area contributed by atoms with Crippen LogP contribution in [-0.2, 0) is 17.6 Å². The summed E-state index contributed by atoms with van der Waals surface area (Å²) in [6.45, 7) is 0. The average molecular weight is 371 g/mol. The zero-order valence-electron chi connectivity index (χ0n) is 15.5. The molecule has 0 spiro atoms. The first-order chi connectivity index (χ1) is 12.5. The molecule has 138 valence electrons. The van der Waals surface area contributed by atoms with Crippen LogP contribution in [0.1, 0.15) is 57.4 Å². The number of fused-ring (bicyclic) bond motifs is 1. The maximum atomic E-state index is 12.9. The number of thiophene rings is 1. The molecule has 1 aromatic heterocycles. The van der Waals surface area contributed by atoms with Gasteiger partial charge in [-0.05, 0) is 42.9 Å². The van der Waals surface area contributed by atoms with E-state index in [0.717, 1.165) is 23.3 Å². The van der Waals surface area contributed by atoms with Gasteiger partial charge in [-0.2, -0.15) is 0 Å². The topological polar surface area (TPSA) is 49.4 Å². The van der Waals surface area contributed by atoms with Gasteiger partial charge in [0.2, 0.25) is 5.91 Å². The molecule has 0 saturated heterocycles. The fourth-order valence-corrected chi connectivity index (χ4v) is 4.46. The van der Waals surface area contributed by atoms with Crippen LogP contribution in [0, 0.1) is 0 Å². The van der Waals surface area contributed by atoms with Crippen LogP contribution < -0.4 is 5.32 Å². The number of carbonyl (C=O) groups is 2. The van der Waals surface area contributed by atoms with Crippen molar-refractivity contribution in [3.05, 3.63) is 57.3 Å². The van der Waals surface area contributed by atoms with Gasteiger partial charge in [-0.25, -0.2) is 0 Å². The molecule has 1 unspecified atom stereocenters. The van der Waals surface area contributed by atoms with Crippen molar-refractivity contribution in [3.63, 3.8) is 0 Å². The van der Waals surface area contributed by atoms with Crippen LogP contribution >= 0.6 is 11.3 Å². The number of carbonyl (C=O) groups excluding carboxylic acids is 2. The van der Waals surface area contributed by atoms with Crippen molar-refractivity contribution >= 4 is 23.2 Å². The predicted molar refractivity (Wildman–Crippen MR) is 106 cm³/mol. The second kappa shape index (κ2) is 8.49. The number of amides is 2. The van der Waals surface area contributed by atoms with E-state index >= 15 is 0 Å². The molecule has 1 aromatic carbocycles. The summed E-state index contributed by atoms with van der Waals surface area (Å²) in [4.78, 5) is 28.8. The monoisotopic (exact) mass is 370 g/mol. The first kappa shape index (κ1) is 18.6. The summed E-state index contributed by atoms with van der Waals surface area (Å²) >= 11 is 1.61. The molecule has 1 aliphatic rings. The number of rotatable bonds is 5. The van der Waals surface area contributed by atoms with E-state index in [1.165, 1.54) is 29.7 Å². The van der Waals surface area contributed by atoms with Crippen LogP contribution in [0.25, 0.3) is 0 Å². The minimum Gasteiger partial charge on any atom is -0.349 e. The van der Waals surface area contributed by atoms with Gasteiger partial charge >= 0.3 is 0 Å². The molecule has 4 nitrogen and oxygen atoms in total. The average Bonchev–Trinajstić information content (AvgIpc) is 2.92. The van der Waals surface area contributed by atoms with E-state index in [1.54, 1.807) is 30.3 Å². The Morgan fingerprint density at radius 2 is 1.85 bits per heavy atom. The van der Waals surface area contributed by atoms with Crippen molar-refractivity contribution in [1.29, 1.82) is 0 Å². The number of nitrogens with zero attached hydrogens (tertiary/aromatic N) is 1. The van der Waals surface area contributed by atoms with Crippen molar-refractivity contribution in [1.82, 2.24) is 10.2 Å². The quantitative estimate of drug-likeness (QED) is 0.810. The molecule has 26 heavy (non-hydrogen) atoms. The molecule has 1 atom stereocenters. The minimum absolute atomic E-state index is 0.00103. The zero-order chi connectivity index (χ0) is 18.5. The van der Waals surface area contributed by atoms with Crippen molar-refractivity contribution in [2.24, 2.45) is 0 Å². The van der Waals surface area contributed by atoms with Gasteiger partial charge in [-0.3, -0.25) is 9.59 Å². The van der Waals surface area contributed by atoms with Crippen molar-refractivity contribution < 1.29 is 9.59 Å². The van der Waals surface area contributed by atoms with Gasteiger partial charge in [0.1, 0.15) is 0 Å². The summed E-state index contributed by atoms with van der Waals surface area (Å²) in [7, 11) is 3.48. The third-order valence-electron chi connectivity index (χ3n) is 4.86. The van der Waals surface area contributed by atoms with Gasteiger partial charge in [-0.1, -0.05) is 36.8 Å². The largest absolute Gasteiger partial charge is 0.349 e. The Balaban J connectivity index is 1.77. The number of benzene rings is 1. The molecular formula is C21H26N2O2S. The smallest absolute Gasteiger partial charge is 0.261 e. The summed E-state index contributed by atoms with van der Waals surface area (Å²) in [5.74, 6) is -0.0791. The van der Waals surface area contributed by atoms with E-state index in [9.17, 15) is 9.59 Å². The molecule has 0 aliphatic heterocycles. The van der Waals surface area contributed by atoms with Gasteiger partial charge in [-0.15, -0.1) is 11.3 Å². The van der Waals surface area contributed by atoms with E-state index in [1.807, 2.05) is 30.3 Å². The Kier molecular flexibility index (Phi) is 6.09. The van der Waals surface area contributed by atoms with Crippen molar-refractivity contribution in [3.8, 4) is 0 Å². The van der Waals surface area contributed by atoms with Crippen LogP contribution in [0.2, 0.25) is 0 Å². The molecule has 0 radical (unpaired) electrons. The molecule has 0 bridgehead atoms. The lowest BCUT2D eigenvalue weighted by Crippen LogP contribution is -2.33. The molecular weight excluding hydrogens is 344 g/mol. The number of aryl methyl sites for hydroxylation is 2. The number of hydrogen-bond acceptors (Lipinski definition) is 3. The third kappa shape index (κ3) is 4.52. The second-order valence-corrected chi connectivity index (χ2v) is 8.19. The van der Waals surface area contributed by atoms with Crippen LogP contribution in [0.5, 0.6) is 0 Å². The third-order valence-corrected chi connectivity index (χ3v) is 6.09. The molecule has 3 rings (SSSR count). The molecule has 5 heteroatoms. The molecule has 2 amide bonds. The van der Waals surface area contributed by atoms with Crippen LogP contribution in [0.15, 0.2) is 36.4 Å². The lowest BCUT2D eigenvalue weighted by Gasteiger charge is -2.20. The lowest BCUT2D eigenvalue weighted by molar-refractivity contribution is -0.129. The van der Waals surface area contributed by atoms with Crippen molar-refractivity contribution in [2.75, 3.05) is 14.1 Å². The van der Waals surface area contributed by atoms with E-state index < -0.39 is 0 Å². The highest BCUT2D eigenvalue weighted by molar-refractivity contribution is 7.14. The summed E-state index contributed by atoms with van der Waals surface area (Å²) in [6.07, 6.45) is 6.08. The highest BCUT2D eigenvalue weighted by Crippen LogP contribution is 2.29. The van der Waals surface area contributed by atoms with E-state index in [4.69, 9.17) is 0 Å². The van der Waals surface area contributed by atoms with Crippen LogP contribution in [0.3, 0.4) is 0 Å². The summed E-state index contributed by atoms with van der Waals surface area (Å²) < 4.78 is 0. The van der Waals surface area contributed by atoms with E-state index in [-0.39, 0.29) is 24.3 Å². The van der Waals surface area contributed by atoms with Gasteiger partial charge < -0.3 is 10.2 Å². The van der Waals surface area contributed by atoms with E-state index in [0.29, 0.717) is 0 Å². The molecule has 0 saturated carbocycles. The molecule has 0 fully saturated rings. The normalized spacial score (nSPS) is 14.8. The lowest BCUT2D eigenvalue weighted by atomic mass is 10.0. The Labute approximate surface area is 159 Å². The fourth-order valence-electron chi connectivity index (χ4n) is 3.30. The second-order valence-electron chi connectivity index (χ2n) is 7.05. The van der Waals surface area contributed by atoms with Gasteiger partial charge in [0.25, 0.3) is 5.91 Å². The Morgan fingerprint density at radius 1 is 1.12 bits per heavy atom. The standard InChI is InChI=1S/C21H26N2O2S/c1-23(2)20(24)14-17(15-9-5-3-6-10-15)22-21(25)19-13-16-11-7-4-8-12-18(16)26-19/h3,5-6,9-10,13,17H,4,7-8,11-12,14H2,1-2H3,(H,22,25). The maximum absolute atomic E-state index is 12.9. The molecule has 1 heterocycles. The first-order valence-electron chi connectivity index (χ1n) is 9.22. The highest BCUT2D eigenvalue weighted by Gasteiger charge is 2.22. The van der Waals surface area contributed by atoms with Crippen molar-refractivity contribution in [2.45, 2.75) is 44.6 Å². The number of hydrogen-bond donors (Lipinski definition) is 1. The van der Waals surface area contributed by atoms with Crippen LogP contribution in [-0.4, -0.2) is 30.8 Å². The van der Waals surface area contributed by atoms with Crippen LogP contribution in [0.4, 0.5) is 0 Å². The van der Waals surface area contributed by atoms with Gasteiger partial charge in [0, 0.05) is 19.0 Å². The number of nitrogens with one attached hydrogen (secondary N) is 1. The summed E-state index contributed by atoms with van der Waals surface area (Å²) in [6, 6.07) is 11.4. The fraction of sp³-hybridized carbons (Fsp3) is 0.429. The molecule has 2 aromatic rings. The molecule has 1 N–H and O–H groups in total. The Morgan fingerprint density at radius 3 is 2.58 bits per heavy atom. The zero-order valence-corrected chi connectivity index (χ0v) is 16.3. The SMILES string of the molecule is CN(C)C(=O)CC(NC(=O)c1cc2c(s1)CCCCC2)c1ccccc1. The Hall–Kier alpha value is -2.14. The molecule has 1 aliphatic carbocycles. The van der Waals surface area contributed by atoms with Gasteiger partial charge in [0.05, 0.1) is 17.3 Å². The van der Waals surface area contributed by atoms with Gasteiger partial charge in [0.15, 0.2) is 0 Å². The van der Waals surface area contributed by atoms with E-state index in [2.05, 4.69) is 11.4 Å². The predicted octanol–water partition coefficient (Wildman–Crippen LogP) is 3.97. The summed E-state index contributed by atoms with van der Waals surface area (Å²) in [5.41, 5.74) is 2.28. The first-order valence-corrected chi connectivity index (χ1v) is 10.0. The highest BCUT2D eigenvalue weighted by atomic mass is 32.1. The Bertz CT molecular complexity index is 744.